The van der Waals surface area contributed by atoms with Gasteiger partial charge in [-0.1, -0.05) is 0 Å². The first-order valence-corrected chi connectivity index (χ1v) is 4.38. The van der Waals surface area contributed by atoms with Crippen molar-refractivity contribution in [3.8, 4) is 6.07 Å². The lowest BCUT2D eigenvalue weighted by molar-refractivity contribution is -0.389. The molecule has 94 valence electrons. The normalized spacial score (nSPS) is 9.94. The minimum absolute atomic E-state index is 0.454. The van der Waals surface area contributed by atoms with Gasteiger partial charge in [-0.2, -0.15) is 5.26 Å². The van der Waals surface area contributed by atoms with Crippen molar-refractivity contribution < 1.29 is 23.2 Å². The molecule has 1 aromatic heterocycles. The van der Waals surface area contributed by atoms with Gasteiger partial charge in [0.05, 0.1) is 7.11 Å². The molecular formula is C9H5F2N3O4. The molecule has 0 saturated carbocycles. The molecule has 0 aliphatic rings. The number of methoxy groups -OCH3 is 1. The molecule has 7 nitrogen and oxygen atoms in total. The maximum atomic E-state index is 12.7. The number of pyridine rings is 1. The number of carbonyl (C=O) groups is 1. The Hall–Kier alpha value is -2.63. The summed E-state index contributed by atoms with van der Waals surface area (Å²) in [5.74, 6) is -2.15. The summed E-state index contributed by atoms with van der Waals surface area (Å²) in [7, 11) is 0.937. The Kier molecular flexibility index (Phi) is 3.83. The molecule has 0 aliphatic heterocycles. The van der Waals surface area contributed by atoms with Crippen LogP contribution in [0.15, 0.2) is 6.07 Å². The summed E-state index contributed by atoms with van der Waals surface area (Å²) >= 11 is 0. The molecule has 1 aromatic rings. The minimum Gasteiger partial charge on any atom is -0.463 e. The van der Waals surface area contributed by atoms with Gasteiger partial charge in [0.25, 0.3) is 12.1 Å². The number of nitrogens with zero attached hydrogens (tertiary/aromatic N) is 3. The lowest BCUT2D eigenvalue weighted by Crippen LogP contribution is -2.11. The van der Waals surface area contributed by atoms with Crippen molar-refractivity contribution in [1.82, 2.24) is 4.98 Å². The highest BCUT2D eigenvalue weighted by Gasteiger charge is 2.30. The highest BCUT2D eigenvalue weighted by molar-refractivity contribution is 5.90. The highest BCUT2D eigenvalue weighted by Crippen LogP contribution is 2.27. The van der Waals surface area contributed by atoms with Crippen molar-refractivity contribution >= 4 is 11.8 Å². The van der Waals surface area contributed by atoms with Crippen LogP contribution in [0.5, 0.6) is 0 Å². The Labute approximate surface area is 98.8 Å². The SMILES string of the molecule is COC(=O)c1nc([N+](=O)[O-])cc(C(F)F)c1C#N. The lowest BCUT2D eigenvalue weighted by Gasteiger charge is -2.04. The second-order valence-corrected chi connectivity index (χ2v) is 2.95. The molecular weight excluding hydrogens is 252 g/mol. The molecule has 0 aromatic carbocycles. The van der Waals surface area contributed by atoms with Gasteiger partial charge in [-0.3, -0.25) is 0 Å². The number of hydrogen-bond acceptors (Lipinski definition) is 6. The number of halogens is 2. The Morgan fingerprint density at radius 1 is 1.67 bits per heavy atom. The summed E-state index contributed by atoms with van der Waals surface area (Å²) in [6.45, 7) is 0. The molecule has 0 amide bonds. The van der Waals surface area contributed by atoms with E-state index in [2.05, 4.69) is 9.72 Å². The van der Waals surface area contributed by atoms with Crippen molar-refractivity contribution in [2.75, 3.05) is 7.11 Å². The van der Waals surface area contributed by atoms with Gasteiger partial charge in [-0.25, -0.2) is 13.6 Å². The zero-order valence-electron chi connectivity index (χ0n) is 8.89. The van der Waals surface area contributed by atoms with Gasteiger partial charge < -0.3 is 14.9 Å². The average Bonchev–Trinajstić information content (AvgIpc) is 2.35. The van der Waals surface area contributed by atoms with Gasteiger partial charge in [0, 0.05) is 11.6 Å². The molecule has 9 heteroatoms. The van der Waals surface area contributed by atoms with Gasteiger partial charge in [0.15, 0.2) is 0 Å². The van der Waals surface area contributed by atoms with E-state index in [0.717, 1.165) is 7.11 Å². The first kappa shape index (κ1) is 13.4. The zero-order chi connectivity index (χ0) is 13.9. The van der Waals surface area contributed by atoms with E-state index in [1.165, 1.54) is 6.07 Å². The van der Waals surface area contributed by atoms with Crippen LogP contribution in [0.4, 0.5) is 14.6 Å². The topological polar surface area (TPSA) is 106 Å². The fourth-order valence-corrected chi connectivity index (χ4v) is 1.18. The molecule has 18 heavy (non-hydrogen) atoms. The molecule has 0 bridgehead atoms. The van der Waals surface area contributed by atoms with Gasteiger partial charge in [0.1, 0.15) is 11.6 Å². The third kappa shape index (κ3) is 2.37. The smallest absolute Gasteiger partial charge is 0.384 e. The molecule has 0 atom stereocenters. The Bertz CT molecular complexity index is 553. The molecule has 0 N–H and O–H groups in total. The standard InChI is InChI=1S/C9H5F2N3O4/c1-18-9(15)7-5(3-12)4(8(10)11)2-6(13-7)14(16)17/h2,8H,1H3. The molecule has 0 radical (unpaired) electrons. The van der Waals surface area contributed by atoms with Gasteiger partial charge in [-0.15, -0.1) is 0 Å². The Morgan fingerprint density at radius 3 is 2.67 bits per heavy atom. The van der Waals surface area contributed by atoms with Crippen LogP contribution in [-0.2, 0) is 4.74 Å². The summed E-state index contributed by atoms with van der Waals surface area (Å²) < 4.78 is 29.5. The quantitative estimate of drug-likeness (QED) is 0.462. The molecule has 0 unspecified atom stereocenters. The second kappa shape index (κ2) is 5.13. The van der Waals surface area contributed by atoms with Crippen molar-refractivity contribution in [3.05, 3.63) is 33.0 Å². The van der Waals surface area contributed by atoms with Crippen LogP contribution < -0.4 is 0 Å². The number of nitriles is 1. The van der Waals surface area contributed by atoms with Gasteiger partial charge in [0.2, 0.25) is 0 Å². The summed E-state index contributed by atoms with van der Waals surface area (Å²) in [6.07, 6.45) is -3.15. The van der Waals surface area contributed by atoms with E-state index in [9.17, 15) is 23.7 Å². The predicted octanol–water partition coefficient (Wildman–Crippen LogP) is 1.59. The largest absolute Gasteiger partial charge is 0.463 e. The molecule has 0 aliphatic carbocycles. The highest BCUT2D eigenvalue weighted by atomic mass is 19.3. The van der Waals surface area contributed by atoms with Crippen molar-refractivity contribution in [1.29, 1.82) is 5.26 Å². The fraction of sp³-hybridized carbons (Fsp3) is 0.222. The monoisotopic (exact) mass is 257 g/mol. The average molecular weight is 257 g/mol. The second-order valence-electron chi connectivity index (χ2n) is 2.95. The number of aromatic nitrogens is 1. The molecule has 1 heterocycles. The van der Waals surface area contributed by atoms with Crippen molar-refractivity contribution in [2.24, 2.45) is 0 Å². The first-order valence-electron chi connectivity index (χ1n) is 4.38. The maximum absolute atomic E-state index is 12.7. The van der Waals surface area contributed by atoms with Gasteiger partial charge >= 0.3 is 11.8 Å². The summed E-state index contributed by atoms with van der Waals surface area (Å²) in [6, 6.07) is 1.81. The number of carbonyl (C=O) groups excluding carboxylic acids is 1. The van der Waals surface area contributed by atoms with Gasteiger partial charge in [-0.05, 0) is 9.91 Å². The fourth-order valence-electron chi connectivity index (χ4n) is 1.18. The molecule has 0 saturated heterocycles. The van der Waals surface area contributed by atoms with Crippen molar-refractivity contribution in [2.45, 2.75) is 6.43 Å². The van der Waals surface area contributed by atoms with Crippen LogP contribution in [0.25, 0.3) is 0 Å². The summed E-state index contributed by atoms with van der Waals surface area (Å²) in [5, 5.41) is 19.2. The van der Waals surface area contributed by atoms with E-state index in [0.29, 0.717) is 6.07 Å². The summed E-state index contributed by atoms with van der Waals surface area (Å²) in [4.78, 5) is 23.9. The lowest BCUT2D eigenvalue weighted by atomic mass is 10.1. The van der Waals surface area contributed by atoms with E-state index >= 15 is 0 Å². The number of rotatable bonds is 3. The number of nitro groups is 1. The molecule has 0 fully saturated rings. The van der Waals surface area contributed by atoms with Crippen LogP contribution in [0.2, 0.25) is 0 Å². The predicted molar refractivity (Wildman–Crippen MR) is 51.9 cm³/mol. The number of hydrogen-bond donors (Lipinski definition) is 0. The van der Waals surface area contributed by atoms with Crippen LogP contribution in [0.1, 0.15) is 28.0 Å². The third-order valence-corrected chi connectivity index (χ3v) is 1.95. The summed E-state index contributed by atoms with van der Waals surface area (Å²) in [5.41, 5.74) is -2.47. The van der Waals surface area contributed by atoms with Crippen LogP contribution in [-0.4, -0.2) is 23.0 Å². The maximum Gasteiger partial charge on any atom is 0.384 e. The Balaban J connectivity index is 3.62. The molecule has 1 rings (SSSR count). The van der Waals surface area contributed by atoms with E-state index in [-0.39, 0.29) is 0 Å². The van der Waals surface area contributed by atoms with Crippen LogP contribution in [0, 0.1) is 21.4 Å². The first-order chi connectivity index (χ1) is 8.42. The van der Waals surface area contributed by atoms with Crippen LogP contribution in [0.3, 0.4) is 0 Å². The molecule has 0 spiro atoms. The van der Waals surface area contributed by atoms with E-state index in [4.69, 9.17) is 5.26 Å². The number of esters is 1. The third-order valence-electron chi connectivity index (χ3n) is 1.95. The minimum atomic E-state index is -3.15. The van der Waals surface area contributed by atoms with E-state index in [1.807, 2.05) is 0 Å². The number of alkyl halides is 2. The van der Waals surface area contributed by atoms with Crippen molar-refractivity contribution in [3.63, 3.8) is 0 Å². The van der Waals surface area contributed by atoms with E-state index in [1.54, 1.807) is 0 Å². The zero-order valence-corrected chi connectivity index (χ0v) is 8.89. The van der Waals surface area contributed by atoms with E-state index < -0.39 is 40.0 Å². The Morgan fingerprint density at radius 2 is 2.28 bits per heavy atom. The van der Waals surface area contributed by atoms with Crippen LogP contribution >= 0.6 is 0 Å². The number of ether oxygens (including phenoxy) is 1.